The van der Waals surface area contributed by atoms with Crippen LogP contribution < -0.4 is 10.9 Å². The average Bonchev–Trinajstić information content (AvgIpc) is 3.09. The summed E-state index contributed by atoms with van der Waals surface area (Å²) in [5.74, 6) is 1.87. The maximum absolute atomic E-state index is 5.37. The van der Waals surface area contributed by atoms with Gasteiger partial charge in [-0.2, -0.15) is 4.98 Å². The van der Waals surface area contributed by atoms with Gasteiger partial charge in [0.05, 0.1) is 0 Å². The lowest BCUT2D eigenvalue weighted by molar-refractivity contribution is 0.339. The molecule has 1 fully saturated rings. The van der Waals surface area contributed by atoms with Gasteiger partial charge in [-0.3, -0.25) is 5.43 Å². The highest BCUT2D eigenvalue weighted by molar-refractivity contribution is 5.53. The molecule has 0 amide bonds. The third kappa shape index (κ3) is 2.52. The Morgan fingerprint density at radius 1 is 1.21 bits per heavy atom. The molecule has 1 aromatic heterocycles. The molecular formula is C14H18N4O. The van der Waals surface area contributed by atoms with E-state index >= 15 is 0 Å². The summed E-state index contributed by atoms with van der Waals surface area (Å²) in [6.45, 7) is 4.40. The minimum absolute atomic E-state index is 0.0948. The van der Waals surface area contributed by atoms with Crippen LogP contribution in [0.4, 0.5) is 0 Å². The molecule has 1 aromatic carbocycles. The summed E-state index contributed by atoms with van der Waals surface area (Å²) in [4.78, 5) is 4.48. The van der Waals surface area contributed by atoms with Crippen LogP contribution in [0.1, 0.15) is 32.2 Å². The van der Waals surface area contributed by atoms with Crippen molar-refractivity contribution in [2.45, 2.75) is 32.4 Å². The van der Waals surface area contributed by atoms with Crippen LogP contribution in [-0.4, -0.2) is 16.2 Å². The molecule has 100 valence electrons. The van der Waals surface area contributed by atoms with Crippen molar-refractivity contribution >= 4 is 0 Å². The minimum atomic E-state index is 0.0948. The molecule has 2 atom stereocenters. The predicted octanol–water partition coefficient (Wildman–Crippen LogP) is 2.30. The minimum Gasteiger partial charge on any atom is -0.337 e. The summed E-state index contributed by atoms with van der Waals surface area (Å²) < 4.78 is 5.37. The van der Waals surface area contributed by atoms with E-state index in [0.29, 0.717) is 23.7 Å². The van der Waals surface area contributed by atoms with Gasteiger partial charge >= 0.3 is 0 Å². The third-order valence-electron chi connectivity index (χ3n) is 3.51. The number of nitrogens with one attached hydrogen (secondary N) is 2. The van der Waals surface area contributed by atoms with Crippen LogP contribution >= 0.6 is 0 Å². The first-order valence-electron chi connectivity index (χ1n) is 6.64. The Morgan fingerprint density at radius 2 is 2.00 bits per heavy atom. The van der Waals surface area contributed by atoms with Crippen molar-refractivity contribution in [3.05, 3.63) is 36.2 Å². The van der Waals surface area contributed by atoms with Crippen molar-refractivity contribution in [2.24, 2.45) is 5.92 Å². The molecule has 1 saturated heterocycles. The van der Waals surface area contributed by atoms with E-state index in [0.717, 1.165) is 12.0 Å². The van der Waals surface area contributed by atoms with Gasteiger partial charge in [-0.15, -0.1) is 0 Å². The first-order chi connectivity index (χ1) is 9.24. The van der Waals surface area contributed by atoms with Crippen LogP contribution in [0.25, 0.3) is 11.4 Å². The first kappa shape index (κ1) is 12.3. The Morgan fingerprint density at radius 3 is 2.68 bits per heavy atom. The van der Waals surface area contributed by atoms with Gasteiger partial charge in [0.15, 0.2) is 0 Å². The van der Waals surface area contributed by atoms with Gasteiger partial charge in [-0.05, 0) is 12.3 Å². The van der Waals surface area contributed by atoms with E-state index in [1.54, 1.807) is 0 Å². The predicted molar refractivity (Wildman–Crippen MR) is 72.0 cm³/mol. The molecule has 1 aliphatic rings. The third-order valence-corrected chi connectivity index (χ3v) is 3.51. The first-order valence-corrected chi connectivity index (χ1v) is 6.64. The van der Waals surface area contributed by atoms with E-state index in [1.165, 1.54) is 0 Å². The van der Waals surface area contributed by atoms with Gasteiger partial charge in [0.2, 0.25) is 11.7 Å². The van der Waals surface area contributed by atoms with Crippen LogP contribution in [-0.2, 0) is 0 Å². The second kappa shape index (κ2) is 5.11. The molecule has 0 aliphatic carbocycles. The second-order valence-corrected chi connectivity index (χ2v) is 5.25. The summed E-state index contributed by atoms with van der Waals surface area (Å²) in [5.41, 5.74) is 7.47. The molecule has 1 aliphatic heterocycles. The molecular weight excluding hydrogens is 240 g/mol. The Labute approximate surface area is 112 Å². The summed E-state index contributed by atoms with van der Waals surface area (Å²) in [5, 5.41) is 4.05. The van der Waals surface area contributed by atoms with Crippen LogP contribution in [0.2, 0.25) is 0 Å². The van der Waals surface area contributed by atoms with Crippen molar-refractivity contribution in [2.75, 3.05) is 0 Å². The fraction of sp³-hybridized carbons (Fsp3) is 0.429. The zero-order chi connectivity index (χ0) is 13.2. The normalized spacial score (nSPS) is 23.1. The van der Waals surface area contributed by atoms with Gasteiger partial charge in [0.25, 0.3) is 0 Å². The summed E-state index contributed by atoms with van der Waals surface area (Å²) in [6, 6.07) is 10.4. The number of hydrogen-bond donors (Lipinski definition) is 2. The molecule has 5 heteroatoms. The molecule has 2 N–H and O–H groups in total. The smallest absolute Gasteiger partial charge is 0.245 e. The standard InChI is InChI=1S/C14H18N4O/c1-9(2)11-8-12(17-16-11)14-15-13(18-19-14)10-6-4-3-5-7-10/h3-7,9,11-12,16-17H,8H2,1-2H3. The monoisotopic (exact) mass is 258 g/mol. The largest absolute Gasteiger partial charge is 0.337 e. The Balaban J connectivity index is 1.76. The van der Waals surface area contributed by atoms with Crippen LogP contribution in [0.15, 0.2) is 34.9 Å². The van der Waals surface area contributed by atoms with Gasteiger partial charge in [0.1, 0.15) is 6.04 Å². The zero-order valence-corrected chi connectivity index (χ0v) is 11.1. The fourth-order valence-electron chi connectivity index (χ4n) is 2.26. The second-order valence-electron chi connectivity index (χ2n) is 5.25. The van der Waals surface area contributed by atoms with E-state index in [4.69, 9.17) is 4.52 Å². The SMILES string of the molecule is CC(C)C1CC(c2nc(-c3ccccc3)no2)NN1. The van der Waals surface area contributed by atoms with E-state index in [1.807, 2.05) is 30.3 Å². The van der Waals surface area contributed by atoms with E-state index in [2.05, 4.69) is 34.8 Å². The quantitative estimate of drug-likeness (QED) is 0.884. The zero-order valence-electron chi connectivity index (χ0n) is 11.1. The Hall–Kier alpha value is -1.72. The molecule has 0 bridgehead atoms. The lowest BCUT2D eigenvalue weighted by Gasteiger charge is -2.12. The molecule has 19 heavy (non-hydrogen) atoms. The Bertz CT molecular complexity index is 537. The molecule has 0 saturated carbocycles. The number of benzene rings is 1. The van der Waals surface area contributed by atoms with Gasteiger partial charge < -0.3 is 4.52 Å². The van der Waals surface area contributed by atoms with Crippen molar-refractivity contribution in [1.29, 1.82) is 0 Å². The van der Waals surface area contributed by atoms with Crippen LogP contribution in [0.3, 0.4) is 0 Å². The van der Waals surface area contributed by atoms with Crippen molar-refractivity contribution in [3.63, 3.8) is 0 Å². The van der Waals surface area contributed by atoms with Gasteiger partial charge in [0, 0.05) is 11.6 Å². The van der Waals surface area contributed by atoms with E-state index in [-0.39, 0.29) is 6.04 Å². The number of aromatic nitrogens is 2. The van der Waals surface area contributed by atoms with Gasteiger partial charge in [-0.25, -0.2) is 5.43 Å². The molecule has 2 aromatic rings. The summed E-state index contributed by atoms with van der Waals surface area (Å²) in [7, 11) is 0. The van der Waals surface area contributed by atoms with Crippen molar-refractivity contribution in [1.82, 2.24) is 21.0 Å². The lowest BCUT2D eigenvalue weighted by Crippen LogP contribution is -2.33. The fourth-order valence-corrected chi connectivity index (χ4v) is 2.26. The highest BCUT2D eigenvalue weighted by Crippen LogP contribution is 2.26. The maximum atomic E-state index is 5.37. The molecule has 0 spiro atoms. The average molecular weight is 258 g/mol. The van der Waals surface area contributed by atoms with Gasteiger partial charge in [-0.1, -0.05) is 49.3 Å². The molecule has 2 heterocycles. The molecule has 3 rings (SSSR count). The Kier molecular flexibility index (Phi) is 3.31. The molecule has 5 nitrogen and oxygen atoms in total. The number of hydrazine groups is 1. The van der Waals surface area contributed by atoms with Crippen molar-refractivity contribution in [3.8, 4) is 11.4 Å². The highest BCUT2D eigenvalue weighted by Gasteiger charge is 2.30. The maximum Gasteiger partial charge on any atom is 0.245 e. The highest BCUT2D eigenvalue weighted by atomic mass is 16.5. The number of rotatable bonds is 3. The topological polar surface area (TPSA) is 63.0 Å². The summed E-state index contributed by atoms with van der Waals surface area (Å²) in [6.07, 6.45) is 0.966. The van der Waals surface area contributed by atoms with E-state index in [9.17, 15) is 0 Å². The molecule has 2 unspecified atom stereocenters. The van der Waals surface area contributed by atoms with Crippen molar-refractivity contribution < 1.29 is 4.52 Å². The number of nitrogens with zero attached hydrogens (tertiary/aromatic N) is 2. The van der Waals surface area contributed by atoms with E-state index < -0.39 is 0 Å². The lowest BCUT2D eigenvalue weighted by atomic mass is 10.00. The van der Waals surface area contributed by atoms with Crippen LogP contribution in [0, 0.1) is 5.92 Å². The summed E-state index contributed by atoms with van der Waals surface area (Å²) >= 11 is 0. The van der Waals surface area contributed by atoms with Crippen LogP contribution in [0.5, 0.6) is 0 Å². The number of hydrogen-bond acceptors (Lipinski definition) is 5. The molecule has 0 radical (unpaired) electrons.